The van der Waals surface area contributed by atoms with Gasteiger partial charge in [-0.15, -0.1) is 12.4 Å². The molecule has 1 aliphatic heterocycles. The molecule has 3 rings (SSSR count). The molecule has 4 nitrogen and oxygen atoms in total. The SMILES string of the molecule is CC1C(OC(=O)c2ccccc2)CCN(Cc2ccco2)[C@@H]1C.Cl. The maximum atomic E-state index is 12.3. The molecule has 3 atom stereocenters. The first kappa shape index (κ1) is 18.6. The van der Waals surface area contributed by atoms with Gasteiger partial charge in [0.15, 0.2) is 0 Å². The van der Waals surface area contributed by atoms with Crippen LogP contribution in [0.3, 0.4) is 0 Å². The first-order valence-electron chi connectivity index (χ1n) is 8.17. The van der Waals surface area contributed by atoms with E-state index >= 15 is 0 Å². The number of furan rings is 1. The maximum Gasteiger partial charge on any atom is 0.338 e. The second-order valence-corrected chi connectivity index (χ2v) is 6.25. The second kappa shape index (κ2) is 8.36. The van der Waals surface area contributed by atoms with Gasteiger partial charge >= 0.3 is 5.97 Å². The largest absolute Gasteiger partial charge is 0.468 e. The monoisotopic (exact) mass is 349 g/mol. The van der Waals surface area contributed by atoms with Crippen LogP contribution in [0.15, 0.2) is 53.1 Å². The molecule has 2 unspecified atom stereocenters. The molecule has 0 amide bonds. The third kappa shape index (κ3) is 4.19. The highest BCUT2D eigenvalue weighted by molar-refractivity contribution is 5.89. The highest BCUT2D eigenvalue weighted by atomic mass is 35.5. The molecule has 1 aliphatic rings. The first-order valence-corrected chi connectivity index (χ1v) is 8.17. The summed E-state index contributed by atoms with van der Waals surface area (Å²) in [6.45, 7) is 6.05. The minimum Gasteiger partial charge on any atom is -0.468 e. The number of rotatable bonds is 4. The van der Waals surface area contributed by atoms with Gasteiger partial charge < -0.3 is 9.15 Å². The first-order chi connectivity index (χ1) is 11.1. The minimum atomic E-state index is -0.228. The molecule has 1 aromatic carbocycles. The third-order valence-corrected chi connectivity index (χ3v) is 4.83. The van der Waals surface area contributed by atoms with Crippen LogP contribution in [0, 0.1) is 5.92 Å². The molecule has 5 heteroatoms. The lowest BCUT2D eigenvalue weighted by molar-refractivity contribution is -0.0335. The minimum absolute atomic E-state index is 0. The Bertz CT molecular complexity index is 629. The van der Waals surface area contributed by atoms with Crippen LogP contribution in [-0.4, -0.2) is 29.6 Å². The molecule has 1 aromatic heterocycles. The number of benzene rings is 1. The third-order valence-electron chi connectivity index (χ3n) is 4.83. The Morgan fingerprint density at radius 1 is 1.21 bits per heavy atom. The molecule has 0 aliphatic carbocycles. The van der Waals surface area contributed by atoms with Crippen LogP contribution in [0.4, 0.5) is 0 Å². The van der Waals surface area contributed by atoms with Gasteiger partial charge in [-0.05, 0) is 37.6 Å². The smallest absolute Gasteiger partial charge is 0.338 e. The summed E-state index contributed by atoms with van der Waals surface area (Å²) in [5.74, 6) is 1.03. The number of esters is 1. The Morgan fingerprint density at radius 2 is 1.96 bits per heavy atom. The van der Waals surface area contributed by atoms with E-state index in [-0.39, 0.29) is 30.4 Å². The van der Waals surface area contributed by atoms with Crippen molar-refractivity contribution in [3.63, 3.8) is 0 Å². The van der Waals surface area contributed by atoms with E-state index in [1.165, 1.54) is 0 Å². The molecule has 0 radical (unpaired) electrons. The number of ether oxygens (including phenoxy) is 1. The second-order valence-electron chi connectivity index (χ2n) is 6.25. The summed E-state index contributed by atoms with van der Waals surface area (Å²) in [6.07, 6.45) is 2.52. The van der Waals surface area contributed by atoms with E-state index in [0.717, 1.165) is 25.3 Å². The van der Waals surface area contributed by atoms with Gasteiger partial charge in [0.2, 0.25) is 0 Å². The summed E-state index contributed by atoms with van der Waals surface area (Å²) in [5.41, 5.74) is 0.616. The van der Waals surface area contributed by atoms with E-state index < -0.39 is 0 Å². The van der Waals surface area contributed by atoms with Crippen LogP contribution in [0.5, 0.6) is 0 Å². The van der Waals surface area contributed by atoms with Crippen molar-refractivity contribution in [2.75, 3.05) is 6.54 Å². The van der Waals surface area contributed by atoms with Crippen molar-refractivity contribution >= 4 is 18.4 Å². The molecular formula is C19H24ClNO3. The zero-order chi connectivity index (χ0) is 16.2. The van der Waals surface area contributed by atoms with Crippen LogP contribution in [-0.2, 0) is 11.3 Å². The standard InChI is InChI=1S/C19H23NO3.ClH/c1-14-15(2)20(13-17-9-6-12-22-17)11-10-18(14)23-19(21)16-7-4-3-5-8-16;/h3-9,12,14-15,18H,10-11,13H2,1-2H3;1H/t14?,15-,18?;/m1./s1. The van der Waals surface area contributed by atoms with Crippen LogP contribution < -0.4 is 0 Å². The highest BCUT2D eigenvalue weighted by Crippen LogP contribution is 2.28. The van der Waals surface area contributed by atoms with Crippen LogP contribution in [0.25, 0.3) is 0 Å². The summed E-state index contributed by atoms with van der Waals surface area (Å²) in [4.78, 5) is 14.6. The van der Waals surface area contributed by atoms with E-state index in [1.54, 1.807) is 18.4 Å². The number of likely N-dealkylation sites (tertiary alicyclic amines) is 1. The molecule has 0 spiro atoms. The lowest BCUT2D eigenvalue weighted by atomic mass is 9.89. The molecule has 24 heavy (non-hydrogen) atoms. The number of halogens is 1. The molecule has 0 bridgehead atoms. The van der Waals surface area contributed by atoms with Crippen LogP contribution in [0.2, 0.25) is 0 Å². The van der Waals surface area contributed by atoms with Crippen molar-refractivity contribution in [1.82, 2.24) is 4.90 Å². The van der Waals surface area contributed by atoms with Crippen molar-refractivity contribution < 1.29 is 13.9 Å². The van der Waals surface area contributed by atoms with Gasteiger partial charge in [-0.2, -0.15) is 0 Å². The molecule has 0 N–H and O–H groups in total. The van der Waals surface area contributed by atoms with Gasteiger partial charge in [-0.3, -0.25) is 4.90 Å². The van der Waals surface area contributed by atoms with Crippen molar-refractivity contribution in [2.24, 2.45) is 5.92 Å². The predicted molar refractivity (Wildman–Crippen MR) is 95.3 cm³/mol. The van der Waals surface area contributed by atoms with Gasteiger partial charge in [0.25, 0.3) is 0 Å². The zero-order valence-electron chi connectivity index (χ0n) is 14.1. The fourth-order valence-corrected chi connectivity index (χ4v) is 3.17. The van der Waals surface area contributed by atoms with Crippen LogP contribution >= 0.6 is 12.4 Å². The van der Waals surface area contributed by atoms with E-state index in [9.17, 15) is 4.79 Å². The van der Waals surface area contributed by atoms with Crippen molar-refractivity contribution in [2.45, 2.75) is 39.0 Å². The summed E-state index contributed by atoms with van der Waals surface area (Å²) in [5, 5.41) is 0. The Morgan fingerprint density at radius 3 is 2.62 bits per heavy atom. The van der Waals surface area contributed by atoms with E-state index in [0.29, 0.717) is 11.6 Å². The number of nitrogens with zero attached hydrogens (tertiary/aromatic N) is 1. The Kier molecular flexibility index (Phi) is 6.46. The van der Waals surface area contributed by atoms with E-state index in [2.05, 4.69) is 18.7 Å². The topological polar surface area (TPSA) is 42.7 Å². The number of carbonyl (C=O) groups is 1. The van der Waals surface area contributed by atoms with Gasteiger partial charge in [0, 0.05) is 18.5 Å². The number of piperidine rings is 1. The lowest BCUT2D eigenvalue weighted by Crippen LogP contribution is -2.49. The maximum absolute atomic E-state index is 12.3. The summed E-state index contributed by atoms with van der Waals surface area (Å²) >= 11 is 0. The summed E-state index contributed by atoms with van der Waals surface area (Å²) in [7, 11) is 0. The Labute approximate surface area is 149 Å². The fourth-order valence-electron chi connectivity index (χ4n) is 3.17. The van der Waals surface area contributed by atoms with Gasteiger partial charge in [0.05, 0.1) is 18.4 Å². The summed E-state index contributed by atoms with van der Waals surface area (Å²) < 4.78 is 11.2. The van der Waals surface area contributed by atoms with E-state index in [4.69, 9.17) is 9.15 Å². The molecular weight excluding hydrogens is 326 g/mol. The summed E-state index contributed by atoms with van der Waals surface area (Å²) in [6, 6.07) is 13.4. The molecule has 2 heterocycles. The van der Waals surface area contributed by atoms with Gasteiger partial charge in [-0.25, -0.2) is 4.79 Å². The molecule has 2 aromatic rings. The van der Waals surface area contributed by atoms with Crippen molar-refractivity contribution in [3.8, 4) is 0 Å². The average molecular weight is 350 g/mol. The van der Waals surface area contributed by atoms with Gasteiger partial charge in [-0.1, -0.05) is 25.1 Å². The Hall–Kier alpha value is -1.78. The normalized spacial score (nSPS) is 24.2. The van der Waals surface area contributed by atoms with Crippen molar-refractivity contribution in [3.05, 3.63) is 60.1 Å². The van der Waals surface area contributed by atoms with E-state index in [1.807, 2.05) is 30.3 Å². The fraction of sp³-hybridized carbons (Fsp3) is 0.421. The molecule has 1 fully saturated rings. The predicted octanol–water partition coefficient (Wildman–Crippen LogP) is 4.16. The number of carbonyl (C=O) groups excluding carboxylic acids is 1. The van der Waals surface area contributed by atoms with Crippen LogP contribution in [0.1, 0.15) is 36.4 Å². The highest BCUT2D eigenvalue weighted by Gasteiger charge is 2.35. The zero-order valence-corrected chi connectivity index (χ0v) is 14.9. The average Bonchev–Trinajstić information content (AvgIpc) is 3.08. The molecule has 1 saturated heterocycles. The molecule has 130 valence electrons. The number of hydrogen-bond donors (Lipinski definition) is 0. The molecule has 0 saturated carbocycles. The van der Waals surface area contributed by atoms with Crippen molar-refractivity contribution in [1.29, 1.82) is 0 Å². The Balaban J connectivity index is 0.00000208. The quantitative estimate of drug-likeness (QED) is 0.777. The lowest BCUT2D eigenvalue weighted by Gasteiger charge is -2.41. The number of hydrogen-bond acceptors (Lipinski definition) is 4. The van der Waals surface area contributed by atoms with Gasteiger partial charge in [0.1, 0.15) is 11.9 Å².